The molecule has 0 saturated carbocycles. The number of hydrogen-bond acceptors (Lipinski definition) is 5. The van der Waals surface area contributed by atoms with E-state index in [9.17, 15) is 9.59 Å². The van der Waals surface area contributed by atoms with Crippen LogP contribution in [0.15, 0.2) is 0 Å². The molecule has 0 spiro atoms. The summed E-state index contributed by atoms with van der Waals surface area (Å²) < 4.78 is 16.2. The number of hydrogen-bond donors (Lipinski definition) is 2. The van der Waals surface area contributed by atoms with Gasteiger partial charge >= 0.3 is 6.09 Å². The molecule has 2 rings (SSSR count). The topological polar surface area (TPSA) is 99.9 Å². The van der Waals surface area contributed by atoms with E-state index in [2.05, 4.69) is 5.32 Å². The Labute approximate surface area is 118 Å². The van der Waals surface area contributed by atoms with Gasteiger partial charge in [0.15, 0.2) is 6.29 Å². The Hall–Kier alpha value is -1.34. The smallest absolute Gasteiger partial charge is 0.404 e. The van der Waals surface area contributed by atoms with Crippen LogP contribution in [-0.2, 0) is 19.0 Å². The Kier molecular flexibility index (Phi) is 4.82. The van der Waals surface area contributed by atoms with Crippen LogP contribution in [0.25, 0.3) is 0 Å². The third-order valence-corrected chi connectivity index (χ3v) is 3.82. The van der Waals surface area contributed by atoms with Gasteiger partial charge in [0.1, 0.15) is 6.10 Å². The van der Waals surface area contributed by atoms with E-state index < -0.39 is 12.2 Å². The predicted octanol–water partition coefficient (Wildman–Crippen LogP) is 0.516. The van der Waals surface area contributed by atoms with Gasteiger partial charge in [-0.25, -0.2) is 4.79 Å². The van der Waals surface area contributed by atoms with Crippen LogP contribution in [0.5, 0.6) is 0 Å². The maximum atomic E-state index is 11.7. The number of carbonyl (C=O) groups is 2. The number of rotatable bonds is 5. The third kappa shape index (κ3) is 3.40. The number of amides is 2. The average molecular weight is 286 g/mol. The molecular formula is C13H22N2O5. The quantitative estimate of drug-likeness (QED) is 0.718. The highest BCUT2D eigenvalue weighted by Gasteiger charge is 2.48. The summed E-state index contributed by atoms with van der Waals surface area (Å²) in [5, 5.41) is 2.72. The van der Waals surface area contributed by atoms with Crippen LogP contribution in [0.1, 0.15) is 33.1 Å². The van der Waals surface area contributed by atoms with Crippen LogP contribution < -0.4 is 11.1 Å². The van der Waals surface area contributed by atoms with Crippen molar-refractivity contribution in [3.63, 3.8) is 0 Å². The number of carbonyl (C=O) groups excluding carboxylic acids is 2. The van der Waals surface area contributed by atoms with E-state index in [0.29, 0.717) is 6.61 Å². The zero-order valence-electron chi connectivity index (χ0n) is 11.8. The van der Waals surface area contributed by atoms with Gasteiger partial charge in [-0.3, -0.25) is 4.79 Å². The molecule has 0 bridgehead atoms. The molecule has 2 amide bonds. The summed E-state index contributed by atoms with van der Waals surface area (Å²) >= 11 is 0. The van der Waals surface area contributed by atoms with Crippen molar-refractivity contribution < 1.29 is 23.8 Å². The zero-order valence-corrected chi connectivity index (χ0v) is 11.8. The highest BCUT2D eigenvalue weighted by molar-refractivity contribution is 5.86. The van der Waals surface area contributed by atoms with E-state index in [1.54, 1.807) is 6.92 Å². The Balaban J connectivity index is 1.87. The van der Waals surface area contributed by atoms with Gasteiger partial charge in [-0.1, -0.05) is 0 Å². The second-order valence-corrected chi connectivity index (χ2v) is 5.34. The summed E-state index contributed by atoms with van der Waals surface area (Å²) in [5.74, 6) is -0.451. The molecule has 0 aromatic rings. The molecular weight excluding hydrogens is 264 g/mol. The second kappa shape index (κ2) is 6.41. The van der Waals surface area contributed by atoms with E-state index in [-0.39, 0.29) is 30.3 Å². The minimum absolute atomic E-state index is 0.0989. The maximum Gasteiger partial charge on any atom is 0.404 e. The van der Waals surface area contributed by atoms with E-state index in [1.165, 1.54) is 0 Å². The fourth-order valence-corrected chi connectivity index (χ4v) is 2.73. The Morgan fingerprint density at radius 1 is 1.40 bits per heavy atom. The first kappa shape index (κ1) is 15.1. The normalized spacial score (nSPS) is 32.7. The highest BCUT2D eigenvalue weighted by Crippen LogP contribution is 2.27. The lowest BCUT2D eigenvalue weighted by Gasteiger charge is -2.43. The lowest BCUT2D eigenvalue weighted by Crippen LogP contribution is -2.67. The molecule has 114 valence electrons. The summed E-state index contributed by atoms with van der Waals surface area (Å²) in [6, 6.07) is -0.270. The first-order valence-corrected chi connectivity index (χ1v) is 7.02. The van der Waals surface area contributed by atoms with Gasteiger partial charge in [0.25, 0.3) is 0 Å². The van der Waals surface area contributed by atoms with Crippen molar-refractivity contribution in [3.05, 3.63) is 0 Å². The van der Waals surface area contributed by atoms with Crippen molar-refractivity contribution in [1.82, 2.24) is 5.32 Å². The van der Waals surface area contributed by atoms with Gasteiger partial charge in [0, 0.05) is 6.61 Å². The van der Waals surface area contributed by atoms with Gasteiger partial charge < -0.3 is 25.3 Å². The molecule has 0 aliphatic carbocycles. The Morgan fingerprint density at radius 2 is 2.15 bits per heavy atom. The molecule has 20 heavy (non-hydrogen) atoms. The van der Waals surface area contributed by atoms with Crippen LogP contribution in [0.2, 0.25) is 0 Å². The molecule has 3 N–H and O–H groups in total. The number of ether oxygens (including phenoxy) is 3. The Bertz CT molecular complexity index is 370. The van der Waals surface area contributed by atoms with Crippen molar-refractivity contribution in [2.24, 2.45) is 11.7 Å². The number of primary amides is 1. The average Bonchev–Trinajstić information content (AvgIpc) is 2.35. The molecule has 0 aromatic heterocycles. The van der Waals surface area contributed by atoms with Gasteiger partial charge in [-0.2, -0.15) is 0 Å². The largest absolute Gasteiger partial charge is 0.444 e. The fraction of sp³-hybridized carbons (Fsp3) is 0.846. The molecule has 0 aromatic carbocycles. The maximum absolute atomic E-state index is 11.7. The molecule has 2 fully saturated rings. The third-order valence-electron chi connectivity index (χ3n) is 3.82. The van der Waals surface area contributed by atoms with Crippen LogP contribution in [0.3, 0.4) is 0 Å². The van der Waals surface area contributed by atoms with E-state index >= 15 is 0 Å². The number of nitrogens with one attached hydrogen (secondary N) is 1. The summed E-state index contributed by atoms with van der Waals surface area (Å²) in [6.45, 7) is 4.23. The van der Waals surface area contributed by atoms with E-state index in [0.717, 1.165) is 19.3 Å². The minimum Gasteiger partial charge on any atom is -0.444 e. The first-order valence-electron chi connectivity index (χ1n) is 7.02. The van der Waals surface area contributed by atoms with Crippen LogP contribution in [-0.4, -0.2) is 43.1 Å². The number of nitrogens with two attached hydrogens (primary N) is 1. The van der Waals surface area contributed by atoms with E-state index in [1.807, 2.05) is 6.92 Å². The van der Waals surface area contributed by atoms with Gasteiger partial charge in [0.05, 0.1) is 18.1 Å². The van der Waals surface area contributed by atoms with Crippen molar-refractivity contribution in [3.8, 4) is 0 Å². The minimum atomic E-state index is -0.846. The van der Waals surface area contributed by atoms with Crippen LogP contribution in [0.4, 0.5) is 4.79 Å². The van der Waals surface area contributed by atoms with Gasteiger partial charge in [-0.05, 0) is 33.1 Å². The van der Waals surface area contributed by atoms with Crippen molar-refractivity contribution in [2.75, 3.05) is 6.61 Å². The monoisotopic (exact) mass is 286 g/mol. The number of β-lactam (4-membered cyclic amide) rings is 1. The van der Waals surface area contributed by atoms with Crippen LogP contribution >= 0.6 is 0 Å². The summed E-state index contributed by atoms with van der Waals surface area (Å²) in [5.41, 5.74) is 4.99. The molecule has 2 saturated heterocycles. The molecule has 2 aliphatic heterocycles. The first-order chi connectivity index (χ1) is 9.49. The zero-order chi connectivity index (χ0) is 14.7. The molecule has 5 atom stereocenters. The van der Waals surface area contributed by atoms with Gasteiger partial charge in [-0.15, -0.1) is 0 Å². The fourth-order valence-electron chi connectivity index (χ4n) is 2.73. The second-order valence-electron chi connectivity index (χ2n) is 5.34. The summed E-state index contributed by atoms with van der Waals surface area (Å²) in [4.78, 5) is 22.5. The predicted molar refractivity (Wildman–Crippen MR) is 69.7 cm³/mol. The molecule has 2 heterocycles. The molecule has 0 radical (unpaired) electrons. The van der Waals surface area contributed by atoms with Gasteiger partial charge in [0.2, 0.25) is 5.91 Å². The van der Waals surface area contributed by atoms with E-state index in [4.69, 9.17) is 19.9 Å². The lowest BCUT2D eigenvalue weighted by atomic mass is 9.83. The Morgan fingerprint density at radius 3 is 2.70 bits per heavy atom. The highest BCUT2D eigenvalue weighted by atomic mass is 16.7. The van der Waals surface area contributed by atoms with Crippen molar-refractivity contribution >= 4 is 12.0 Å². The molecule has 7 heteroatoms. The summed E-state index contributed by atoms with van der Waals surface area (Å²) in [7, 11) is 0. The molecule has 7 nitrogen and oxygen atoms in total. The molecule has 1 unspecified atom stereocenters. The standard InChI is InChI=1S/C13H22N2O5/c1-7(19-9-5-3-4-6-18-9)10-11(15-12(10)16)8(2)20-13(14)17/h7-11H,3-6H2,1-2H3,(H2,14,17)(H,15,16)/t7-,8+,9?,10-,11-/m1/s1. The summed E-state index contributed by atoms with van der Waals surface area (Å²) in [6.07, 6.45) is 1.09. The van der Waals surface area contributed by atoms with Crippen molar-refractivity contribution in [2.45, 2.75) is 57.6 Å². The lowest BCUT2D eigenvalue weighted by molar-refractivity contribution is -0.205. The van der Waals surface area contributed by atoms with Crippen molar-refractivity contribution in [1.29, 1.82) is 0 Å². The van der Waals surface area contributed by atoms with Crippen LogP contribution in [0, 0.1) is 5.92 Å². The SMILES string of the molecule is C[C@H](OC(N)=O)[C@H]1NC(=O)[C@@H]1[C@@H](C)OC1CCCCO1. The molecule has 2 aliphatic rings.